The van der Waals surface area contributed by atoms with E-state index in [9.17, 15) is 0 Å². The average Bonchev–Trinajstić information content (AvgIpc) is 2.41. The van der Waals surface area contributed by atoms with E-state index in [1.807, 2.05) is 12.5 Å². The van der Waals surface area contributed by atoms with Crippen LogP contribution in [-0.2, 0) is 0 Å². The zero-order valence-electron chi connectivity index (χ0n) is 6.51. The lowest BCUT2D eigenvalue weighted by Gasteiger charge is -2.02. The van der Waals surface area contributed by atoms with Crippen molar-refractivity contribution in [1.82, 2.24) is 0 Å². The number of aliphatic imine (C=N–C) groups is 1. The van der Waals surface area contributed by atoms with Gasteiger partial charge in [-0.15, -0.1) is 0 Å². The molecule has 0 amide bonds. The first-order valence-electron chi connectivity index (χ1n) is 3.99. The van der Waals surface area contributed by atoms with Gasteiger partial charge >= 0.3 is 0 Å². The lowest BCUT2D eigenvalue weighted by molar-refractivity contribution is -0.736. The van der Waals surface area contributed by atoms with Crippen LogP contribution in [0.3, 0.4) is 0 Å². The molecule has 1 heterocycles. The molecule has 56 valence electrons. The van der Waals surface area contributed by atoms with E-state index in [-0.39, 0.29) is 0 Å². The van der Waals surface area contributed by atoms with Crippen LogP contribution >= 0.6 is 0 Å². The molecule has 0 fully saturated rings. The van der Waals surface area contributed by atoms with E-state index in [0.717, 1.165) is 0 Å². The fourth-order valence-electron chi connectivity index (χ4n) is 1.05. The smallest absolute Gasteiger partial charge is 0.193 e. The summed E-state index contributed by atoms with van der Waals surface area (Å²) in [6.45, 7) is 3.43. The first-order chi connectivity index (χ1) is 4.93. The summed E-state index contributed by atoms with van der Waals surface area (Å²) < 4.78 is 0. The Hall–Kier alpha value is -0.630. The zero-order chi connectivity index (χ0) is 7.23. The third-order valence-corrected chi connectivity index (χ3v) is 1.68. The van der Waals surface area contributed by atoms with E-state index in [1.54, 1.807) is 0 Å². The van der Waals surface area contributed by atoms with E-state index in [4.69, 9.17) is 0 Å². The molecule has 0 aromatic rings. The molecule has 0 radical (unpaired) electrons. The second-order valence-electron chi connectivity index (χ2n) is 2.63. The fraction of sp³-hybridized carbons (Fsp3) is 0.625. The summed E-state index contributed by atoms with van der Waals surface area (Å²) in [6, 6.07) is 0. The topological polar surface area (TPSA) is 16.8 Å². The highest BCUT2D eigenvalue weighted by Crippen LogP contribution is 1.89. The molecule has 0 saturated carbocycles. The van der Waals surface area contributed by atoms with Crippen LogP contribution in [0.2, 0.25) is 0 Å². The van der Waals surface area contributed by atoms with Gasteiger partial charge in [0, 0.05) is 0 Å². The Labute approximate surface area is 62.3 Å². The highest BCUT2D eigenvalue weighted by molar-refractivity contribution is 5.47. The van der Waals surface area contributed by atoms with Gasteiger partial charge in [-0.05, 0) is 12.8 Å². The first-order valence-corrected chi connectivity index (χ1v) is 3.99. The van der Waals surface area contributed by atoms with Crippen LogP contribution in [0.4, 0.5) is 0 Å². The minimum absolute atomic E-state index is 1.20. The molecule has 0 bridgehead atoms. The standard InChI is InChI=1S/C8H14N2/c1-2-3-4-6-10-7-5-9-8-10/h5,7-8H,2-4,6H2,1H3/p+1. The second kappa shape index (κ2) is 4.23. The molecule has 1 rings (SSSR count). The van der Waals surface area contributed by atoms with Gasteiger partial charge in [-0.1, -0.05) is 13.3 Å². The van der Waals surface area contributed by atoms with Crippen LogP contribution in [0.15, 0.2) is 17.4 Å². The molecule has 2 heteroatoms. The first kappa shape index (κ1) is 7.48. The number of hydrogen-bond donors (Lipinski definition) is 1. The SMILES string of the molecule is CCCCC[NH+]1C=CN=C1. The Morgan fingerprint density at radius 2 is 2.30 bits per heavy atom. The molecule has 0 aromatic heterocycles. The fourth-order valence-corrected chi connectivity index (χ4v) is 1.05. The van der Waals surface area contributed by atoms with Crippen molar-refractivity contribution in [3.8, 4) is 0 Å². The molecule has 1 unspecified atom stereocenters. The molecule has 0 aliphatic carbocycles. The normalized spacial score (nSPS) is 22.3. The van der Waals surface area contributed by atoms with Gasteiger partial charge in [0.05, 0.1) is 12.7 Å². The molecular weight excluding hydrogens is 124 g/mol. The Morgan fingerprint density at radius 3 is 2.90 bits per heavy atom. The highest BCUT2D eigenvalue weighted by atomic mass is 15.2. The number of nitrogens with one attached hydrogen (secondary N) is 1. The molecule has 0 spiro atoms. The van der Waals surface area contributed by atoms with Crippen molar-refractivity contribution < 1.29 is 4.90 Å². The van der Waals surface area contributed by atoms with E-state index < -0.39 is 0 Å². The minimum atomic E-state index is 1.20. The van der Waals surface area contributed by atoms with Crippen LogP contribution in [0.25, 0.3) is 0 Å². The van der Waals surface area contributed by atoms with Crippen LogP contribution in [0.1, 0.15) is 26.2 Å². The molecule has 10 heavy (non-hydrogen) atoms. The van der Waals surface area contributed by atoms with Gasteiger partial charge in [0.1, 0.15) is 6.20 Å². The maximum atomic E-state index is 4.00. The maximum absolute atomic E-state index is 4.00. The predicted molar refractivity (Wildman–Crippen MR) is 43.0 cm³/mol. The number of hydrogen-bond acceptors (Lipinski definition) is 1. The van der Waals surface area contributed by atoms with Crippen LogP contribution in [0.5, 0.6) is 0 Å². The largest absolute Gasteiger partial charge is 0.265 e. The predicted octanol–water partition coefficient (Wildman–Crippen LogP) is 0.575. The number of unbranched alkanes of at least 4 members (excludes halogenated alkanes) is 2. The maximum Gasteiger partial charge on any atom is 0.193 e. The van der Waals surface area contributed by atoms with Gasteiger partial charge in [-0.3, -0.25) is 4.90 Å². The van der Waals surface area contributed by atoms with Crippen molar-refractivity contribution in [3.63, 3.8) is 0 Å². The van der Waals surface area contributed by atoms with Gasteiger partial charge in [0.25, 0.3) is 0 Å². The third kappa shape index (κ3) is 2.31. The lowest BCUT2D eigenvalue weighted by Crippen LogP contribution is -3.05. The zero-order valence-corrected chi connectivity index (χ0v) is 6.51. The molecule has 0 aromatic carbocycles. The monoisotopic (exact) mass is 139 g/mol. The van der Waals surface area contributed by atoms with Crippen molar-refractivity contribution in [1.29, 1.82) is 0 Å². The van der Waals surface area contributed by atoms with Crippen molar-refractivity contribution in [2.24, 2.45) is 4.99 Å². The van der Waals surface area contributed by atoms with Gasteiger partial charge in [0.2, 0.25) is 0 Å². The molecule has 1 aliphatic rings. The van der Waals surface area contributed by atoms with Crippen LogP contribution < -0.4 is 4.90 Å². The third-order valence-electron chi connectivity index (χ3n) is 1.68. The molecule has 2 nitrogen and oxygen atoms in total. The van der Waals surface area contributed by atoms with Gasteiger partial charge in [0.15, 0.2) is 6.34 Å². The molecule has 1 aliphatic heterocycles. The number of nitrogens with zero attached hydrogens (tertiary/aromatic N) is 1. The van der Waals surface area contributed by atoms with Crippen molar-refractivity contribution in [2.75, 3.05) is 6.54 Å². The molecule has 1 atom stereocenters. The summed E-state index contributed by atoms with van der Waals surface area (Å²) in [5, 5.41) is 0. The highest BCUT2D eigenvalue weighted by Gasteiger charge is 2.02. The summed E-state index contributed by atoms with van der Waals surface area (Å²) in [5.74, 6) is 0. The summed E-state index contributed by atoms with van der Waals surface area (Å²) in [7, 11) is 0. The van der Waals surface area contributed by atoms with Gasteiger partial charge in [-0.2, -0.15) is 0 Å². The van der Waals surface area contributed by atoms with E-state index >= 15 is 0 Å². The van der Waals surface area contributed by atoms with E-state index in [1.165, 1.54) is 30.7 Å². The summed E-state index contributed by atoms with van der Waals surface area (Å²) >= 11 is 0. The van der Waals surface area contributed by atoms with Crippen molar-refractivity contribution in [3.05, 3.63) is 12.4 Å². The summed E-state index contributed by atoms with van der Waals surface area (Å²) in [6.07, 6.45) is 9.86. The lowest BCUT2D eigenvalue weighted by atomic mass is 10.2. The number of quaternary nitrogens is 1. The Balaban J connectivity index is 2.03. The Bertz CT molecular complexity index is 126. The van der Waals surface area contributed by atoms with E-state index in [0.29, 0.717) is 0 Å². The second-order valence-corrected chi connectivity index (χ2v) is 2.63. The minimum Gasteiger partial charge on any atom is -0.265 e. The van der Waals surface area contributed by atoms with Crippen molar-refractivity contribution in [2.45, 2.75) is 26.2 Å². The quantitative estimate of drug-likeness (QED) is 0.549. The molecule has 0 saturated heterocycles. The Morgan fingerprint density at radius 1 is 1.40 bits per heavy atom. The Kier molecular flexibility index (Phi) is 3.16. The molecule has 1 N–H and O–H groups in total. The summed E-state index contributed by atoms with van der Waals surface area (Å²) in [5.41, 5.74) is 0. The van der Waals surface area contributed by atoms with Gasteiger partial charge in [-0.25, -0.2) is 4.99 Å². The van der Waals surface area contributed by atoms with Crippen molar-refractivity contribution >= 4 is 6.34 Å². The van der Waals surface area contributed by atoms with Crippen LogP contribution in [0, 0.1) is 0 Å². The number of rotatable bonds is 4. The van der Waals surface area contributed by atoms with E-state index in [2.05, 4.69) is 18.1 Å². The van der Waals surface area contributed by atoms with Crippen LogP contribution in [-0.4, -0.2) is 12.9 Å². The average molecular weight is 139 g/mol. The summed E-state index contributed by atoms with van der Waals surface area (Å²) in [4.78, 5) is 5.38. The molecular formula is C8H15N2+. The van der Waals surface area contributed by atoms with Gasteiger partial charge < -0.3 is 0 Å².